The molecule has 0 saturated carbocycles. The summed E-state index contributed by atoms with van der Waals surface area (Å²) in [5.41, 5.74) is 2.62. The van der Waals surface area contributed by atoms with Crippen molar-refractivity contribution >= 4 is 74.3 Å². The molecule has 2 aliphatic heterocycles. The van der Waals surface area contributed by atoms with Gasteiger partial charge in [-0.25, -0.2) is 4.99 Å². The third-order valence-corrected chi connectivity index (χ3v) is 6.93. The number of nitrogens with zero attached hydrogens (tertiary/aromatic N) is 3. The molecule has 164 valence electrons. The van der Waals surface area contributed by atoms with Gasteiger partial charge >= 0.3 is 0 Å². The highest BCUT2D eigenvalue weighted by atomic mass is 32.2. The first-order chi connectivity index (χ1) is 15.4. The van der Waals surface area contributed by atoms with Gasteiger partial charge in [0.05, 0.1) is 12.4 Å². The zero-order chi connectivity index (χ0) is 22.7. The van der Waals surface area contributed by atoms with E-state index in [1.54, 1.807) is 4.90 Å². The summed E-state index contributed by atoms with van der Waals surface area (Å²) >= 11 is 7.88. The molecule has 1 saturated heterocycles. The number of amidine groups is 2. The van der Waals surface area contributed by atoms with Gasteiger partial charge in [0.1, 0.15) is 15.9 Å². The van der Waals surface area contributed by atoms with Gasteiger partial charge in [0.2, 0.25) is 5.91 Å². The van der Waals surface area contributed by atoms with Crippen LogP contribution in [-0.4, -0.2) is 44.7 Å². The van der Waals surface area contributed by atoms with Gasteiger partial charge in [0.25, 0.3) is 5.91 Å². The average molecular weight is 485 g/mol. The third kappa shape index (κ3) is 5.03. The van der Waals surface area contributed by atoms with Crippen LogP contribution in [0.5, 0.6) is 5.75 Å². The van der Waals surface area contributed by atoms with Crippen LogP contribution in [0.3, 0.4) is 0 Å². The van der Waals surface area contributed by atoms with Gasteiger partial charge in [-0.15, -0.1) is 0 Å². The normalized spacial score (nSPS) is 17.6. The quantitative estimate of drug-likeness (QED) is 0.613. The minimum atomic E-state index is -0.570. The van der Waals surface area contributed by atoms with Crippen molar-refractivity contribution in [3.63, 3.8) is 0 Å². The van der Waals surface area contributed by atoms with E-state index in [4.69, 9.17) is 17.0 Å². The largest absolute Gasteiger partial charge is 0.494 e. The van der Waals surface area contributed by atoms with E-state index in [1.807, 2.05) is 62.4 Å². The Morgan fingerprint density at radius 1 is 1.19 bits per heavy atom. The number of anilines is 2. The lowest BCUT2D eigenvalue weighted by Gasteiger charge is -2.21. The van der Waals surface area contributed by atoms with Crippen LogP contribution < -0.4 is 15.0 Å². The molecule has 1 unspecified atom stereocenters. The molecule has 2 heterocycles. The molecule has 4 rings (SSSR count). The van der Waals surface area contributed by atoms with Crippen molar-refractivity contribution in [1.29, 1.82) is 0 Å². The SMILES string of the molecule is CCOc1ccc(N2C(=S)SC3C(=O)N=C(SCC(=O)Nc4ccc(C)cc4)N=C32)cc1. The molecule has 7 nitrogen and oxygen atoms in total. The number of aliphatic imine (C=N–C) groups is 2. The Morgan fingerprint density at radius 3 is 2.59 bits per heavy atom. The van der Waals surface area contributed by atoms with Crippen molar-refractivity contribution in [2.45, 2.75) is 19.1 Å². The number of carbonyl (C=O) groups is 2. The van der Waals surface area contributed by atoms with Gasteiger partial charge in [-0.2, -0.15) is 4.99 Å². The highest BCUT2D eigenvalue weighted by Gasteiger charge is 2.43. The fraction of sp³-hybridized carbons (Fsp3) is 0.227. The zero-order valence-electron chi connectivity index (χ0n) is 17.4. The van der Waals surface area contributed by atoms with Crippen LogP contribution in [0.15, 0.2) is 58.5 Å². The molecule has 1 N–H and O–H groups in total. The van der Waals surface area contributed by atoms with Crippen LogP contribution in [0.25, 0.3) is 0 Å². The lowest BCUT2D eigenvalue weighted by molar-refractivity contribution is -0.116. The highest BCUT2D eigenvalue weighted by Crippen LogP contribution is 2.36. The summed E-state index contributed by atoms with van der Waals surface area (Å²) in [6.07, 6.45) is 0. The molecule has 0 radical (unpaired) electrons. The molecule has 2 amide bonds. The molecular formula is C22H20N4O3S3. The number of amides is 2. The summed E-state index contributed by atoms with van der Waals surface area (Å²) in [5.74, 6) is 0.839. The first kappa shape index (κ1) is 22.5. The number of ether oxygens (including phenoxy) is 1. The highest BCUT2D eigenvalue weighted by molar-refractivity contribution is 8.25. The first-order valence-electron chi connectivity index (χ1n) is 9.88. The maximum absolute atomic E-state index is 12.6. The third-order valence-electron chi connectivity index (χ3n) is 4.58. The van der Waals surface area contributed by atoms with Crippen LogP contribution in [0.4, 0.5) is 11.4 Å². The van der Waals surface area contributed by atoms with E-state index < -0.39 is 5.25 Å². The van der Waals surface area contributed by atoms with E-state index in [0.29, 0.717) is 22.5 Å². The number of carbonyl (C=O) groups excluding carboxylic acids is 2. The molecule has 0 aliphatic carbocycles. The number of thiocarbonyl (C=S) groups is 1. The molecule has 0 bridgehead atoms. The lowest BCUT2D eigenvalue weighted by Crippen LogP contribution is -2.37. The number of rotatable bonds is 6. The molecular weight excluding hydrogens is 464 g/mol. The fourth-order valence-corrected chi connectivity index (χ4v) is 5.14. The van der Waals surface area contributed by atoms with Crippen molar-refractivity contribution in [1.82, 2.24) is 0 Å². The number of hydrogen-bond acceptors (Lipinski definition) is 7. The van der Waals surface area contributed by atoms with E-state index in [9.17, 15) is 9.59 Å². The Morgan fingerprint density at radius 2 is 1.91 bits per heavy atom. The van der Waals surface area contributed by atoms with Crippen LogP contribution in [-0.2, 0) is 9.59 Å². The van der Waals surface area contributed by atoms with Crippen LogP contribution in [0.2, 0.25) is 0 Å². The summed E-state index contributed by atoms with van der Waals surface area (Å²) in [7, 11) is 0. The Balaban J connectivity index is 1.46. The van der Waals surface area contributed by atoms with Crippen LogP contribution in [0, 0.1) is 6.92 Å². The molecule has 2 aromatic rings. The predicted molar refractivity (Wildman–Crippen MR) is 136 cm³/mol. The summed E-state index contributed by atoms with van der Waals surface area (Å²) < 4.78 is 6.02. The van der Waals surface area contributed by atoms with Gasteiger partial charge in [-0.3, -0.25) is 14.5 Å². The van der Waals surface area contributed by atoms with E-state index >= 15 is 0 Å². The average Bonchev–Trinajstić information content (AvgIpc) is 3.11. The molecule has 2 aromatic carbocycles. The maximum Gasteiger partial charge on any atom is 0.269 e. The molecule has 1 atom stereocenters. The lowest BCUT2D eigenvalue weighted by atomic mass is 10.2. The van der Waals surface area contributed by atoms with E-state index in [1.165, 1.54) is 11.8 Å². The fourth-order valence-electron chi connectivity index (χ4n) is 3.09. The molecule has 32 heavy (non-hydrogen) atoms. The second kappa shape index (κ2) is 9.85. The number of hydrogen-bond donors (Lipinski definition) is 1. The smallest absolute Gasteiger partial charge is 0.269 e. The predicted octanol–water partition coefficient (Wildman–Crippen LogP) is 4.27. The van der Waals surface area contributed by atoms with Crippen LogP contribution in [0.1, 0.15) is 12.5 Å². The second-order valence-electron chi connectivity index (χ2n) is 6.93. The van der Waals surface area contributed by atoms with Crippen LogP contribution >= 0.6 is 35.7 Å². The summed E-state index contributed by atoms with van der Waals surface area (Å²) in [5, 5.41) is 2.51. The van der Waals surface area contributed by atoms with Crippen molar-refractivity contribution in [3.05, 3.63) is 54.1 Å². The van der Waals surface area contributed by atoms with Crippen molar-refractivity contribution in [2.24, 2.45) is 9.98 Å². The molecule has 1 fully saturated rings. The number of aryl methyl sites for hydroxylation is 1. The molecule has 0 aromatic heterocycles. The van der Waals surface area contributed by atoms with E-state index in [2.05, 4.69) is 15.3 Å². The van der Waals surface area contributed by atoms with E-state index in [0.717, 1.165) is 28.8 Å². The number of nitrogens with one attached hydrogen (secondary N) is 1. The van der Waals surface area contributed by atoms with Crippen molar-refractivity contribution in [2.75, 3.05) is 22.6 Å². The Kier molecular flexibility index (Phi) is 6.92. The van der Waals surface area contributed by atoms with E-state index in [-0.39, 0.29) is 22.7 Å². The molecule has 2 aliphatic rings. The standard InChI is InChI=1S/C22H20N4O3S3/c1-3-29-16-10-8-15(9-11-16)26-19-18(32-22(26)30)20(28)25-21(24-19)31-12-17(27)23-14-6-4-13(2)5-7-14/h4-11,18H,3,12H2,1-2H3,(H,23,27). The Bertz CT molecular complexity index is 1110. The Hall–Kier alpha value is -2.69. The number of thioether (sulfide) groups is 2. The number of benzene rings is 2. The molecule has 10 heteroatoms. The second-order valence-corrected chi connectivity index (χ2v) is 9.61. The minimum Gasteiger partial charge on any atom is -0.494 e. The van der Waals surface area contributed by atoms with Gasteiger partial charge in [-0.1, -0.05) is 53.4 Å². The summed E-state index contributed by atoms with van der Waals surface area (Å²) in [4.78, 5) is 35.3. The summed E-state index contributed by atoms with van der Waals surface area (Å²) in [6.45, 7) is 4.48. The maximum atomic E-state index is 12.6. The first-order valence-corrected chi connectivity index (χ1v) is 12.2. The van der Waals surface area contributed by atoms with Gasteiger partial charge in [0.15, 0.2) is 10.4 Å². The monoisotopic (exact) mass is 484 g/mol. The molecule has 0 spiro atoms. The number of fused-ring (bicyclic) bond motifs is 1. The summed E-state index contributed by atoms with van der Waals surface area (Å²) in [6, 6.07) is 15.0. The van der Waals surface area contributed by atoms with Crippen molar-refractivity contribution in [3.8, 4) is 5.75 Å². The van der Waals surface area contributed by atoms with Gasteiger partial charge < -0.3 is 10.1 Å². The van der Waals surface area contributed by atoms with Gasteiger partial charge in [-0.05, 0) is 50.2 Å². The minimum absolute atomic E-state index is 0.0854. The van der Waals surface area contributed by atoms with Crippen molar-refractivity contribution < 1.29 is 14.3 Å². The zero-order valence-corrected chi connectivity index (χ0v) is 19.9. The topological polar surface area (TPSA) is 83.4 Å². The Labute approximate surface area is 199 Å². The van der Waals surface area contributed by atoms with Gasteiger partial charge in [0, 0.05) is 11.4 Å².